The Balaban J connectivity index is 2.03. The zero-order chi connectivity index (χ0) is 17.2. The number of benzene rings is 1. The molecule has 0 unspecified atom stereocenters. The summed E-state index contributed by atoms with van der Waals surface area (Å²) < 4.78 is 7.18. The molecule has 1 aromatic carbocycles. The number of hydrogen-bond acceptors (Lipinski definition) is 5. The minimum Gasteiger partial charge on any atom is -0.496 e. The number of ether oxygens (including phenoxy) is 1. The number of nitrogens with one attached hydrogen (secondary N) is 1. The molecule has 7 nitrogen and oxygen atoms in total. The molecule has 0 saturated carbocycles. The van der Waals surface area contributed by atoms with Crippen LogP contribution >= 0.6 is 0 Å². The van der Waals surface area contributed by atoms with Gasteiger partial charge in [-0.2, -0.15) is 0 Å². The third-order valence-electron chi connectivity index (χ3n) is 3.27. The molecule has 2 rings (SSSR count). The van der Waals surface area contributed by atoms with Crippen LogP contribution in [0.2, 0.25) is 0 Å². The van der Waals surface area contributed by atoms with Gasteiger partial charge in [0, 0.05) is 30.6 Å². The Morgan fingerprint density at radius 3 is 2.92 bits per heavy atom. The quantitative estimate of drug-likeness (QED) is 0.514. The largest absolute Gasteiger partial charge is 0.496 e. The third-order valence-corrected chi connectivity index (χ3v) is 3.27. The van der Waals surface area contributed by atoms with E-state index in [1.54, 1.807) is 24.2 Å². The van der Waals surface area contributed by atoms with E-state index in [1.165, 1.54) is 0 Å². The van der Waals surface area contributed by atoms with Crippen LogP contribution in [0.15, 0.2) is 43.0 Å². The molecular formula is C17H21N3O4. The second kappa shape index (κ2) is 9.36. The van der Waals surface area contributed by atoms with E-state index in [9.17, 15) is 4.79 Å². The van der Waals surface area contributed by atoms with Crippen molar-refractivity contribution in [3.05, 3.63) is 48.5 Å². The number of imidazole rings is 1. The fourth-order valence-electron chi connectivity index (χ4n) is 2.09. The molecular weight excluding hydrogens is 310 g/mol. The van der Waals surface area contributed by atoms with Crippen molar-refractivity contribution in [2.45, 2.75) is 19.3 Å². The third kappa shape index (κ3) is 5.44. The number of methoxy groups -OCH3 is 1. The summed E-state index contributed by atoms with van der Waals surface area (Å²) in [6, 6.07) is 7.59. The monoisotopic (exact) mass is 331 g/mol. The van der Waals surface area contributed by atoms with Crippen LogP contribution in [0.1, 0.15) is 24.8 Å². The van der Waals surface area contributed by atoms with Crippen molar-refractivity contribution < 1.29 is 19.5 Å². The fourth-order valence-corrected chi connectivity index (χ4v) is 2.09. The summed E-state index contributed by atoms with van der Waals surface area (Å²) in [6.45, 7) is 0.406. The Bertz CT molecular complexity index is 668. The maximum Gasteiger partial charge on any atom is 0.303 e. The molecule has 128 valence electrons. The number of hydroxylamine groups is 1. The van der Waals surface area contributed by atoms with Gasteiger partial charge in [0.2, 0.25) is 0 Å². The molecule has 0 aliphatic heterocycles. The maximum absolute atomic E-state index is 10.5. The van der Waals surface area contributed by atoms with Gasteiger partial charge in [0.05, 0.1) is 25.7 Å². The van der Waals surface area contributed by atoms with Crippen LogP contribution in [0.4, 0.5) is 0 Å². The number of hydrogen-bond donors (Lipinski definition) is 2. The maximum atomic E-state index is 10.5. The molecule has 0 radical (unpaired) electrons. The van der Waals surface area contributed by atoms with Gasteiger partial charge in [0.1, 0.15) is 5.75 Å². The normalized spacial score (nSPS) is 11.3. The molecule has 0 aliphatic carbocycles. The van der Waals surface area contributed by atoms with Crippen LogP contribution in [-0.4, -0.2) is 34.3 Å². The lowest BCUT2D eigenvalue weighted by atomic mass is 10.1. The molecule has 1 heterocycles. The minimum absolute atomic E-state index is 0.146. The average Bonchev–Trinajstić information content (AvgIpc) is 3.09. The summed E-state index contributed by atoms with van der Waals surface area (Å²) in [5, 5.41) is 8.62. The van der Waals surface area contributed by atoms with E-state index >= 15 is 0 Å². The van der Waals surface area contributed by atoms with E-state index in [2.05, 4.69) is 10.5 Å². The molecule has 1 aromatic heterocycles. The molecule has 0 spiro atoms. The number of para-hydroxylation sites is 1. The summed E-state index contributed by atoms with van der Waals surface area (Å²) in [5.74, 6) is -0.0801. The lowest BCUT2D eigenvalue weighted by Gasteiger charge is -2.14. The predicted molar refractivity (Wildman–Crippen MR) is 90.0 cm³/mol. The Kier molecular flexibility index (Phi) is 6.85. The van der Waals surface area contributed by atoms with E-state index in [0.717, 1.165) is 5.56 Å². The smallest absolute Gasteiger partial charge is 0.303 e. The van der Waals surface area contributed by atoms with Crippen molar-refractivity contribution in [1.29, 1.82) is 0 Å². The summed E-state index contributed by atoms with van der Waals surface area (Å²) in [5.41, 5.74) is 4.48. The molecule has 0 aliphatic rings. The first-order valence-electron chi connectivity index (χ1n) is 7.63. The molecule has 2 aromatic rings. The highest BCUT2D eigenvalue weighted by Crippen LogP contribution is 2.24. The second-order valence-electron chi connectivity index (χ2n) is 5.05. The summed E-state index contributed by atoms with van der Waals surface area (Å²) >= 11 is 0. The van der Waals surface area contributed by atoms with Crippen LogP contribution < -0.4 is 10.2 Å². The first-order valence-corrected chi connectivity index (χ1v) is 7.63. The number of rotatable bonds is 10. The van der Waals surface area contributed by atoms with Gasteiger partial charge in [-0.05, 0) is 25.0 Å². The van der Waals surface area contributed by atoms with Crippen LogP contribution in [0.5, 0.6) is 5.75 Å². The van der Waals surface area contributed by atoms with Gasteiger partial charge in [-0.3, -0.25) is 15.1 Å². The molecule has 7 heteroatoms. The molecule has 0 bridgehead atoms. The topological polar surface area (TPSA) is 85.6 Å². The number of aromatic nitrogens is 2. The second-order valence-corrected chi connectivity index (χ2v) is 5.05. The molecule has 0 fully saturated rings. The van der Waals surface area contributed by atoms with Crippen LogP contribution in [-0.2, 0) is 9.63 Å². The number of carboxylic acids is 1. The highest BCUT2D eigenvalue weighted by molar-refractivity contribution is 5.76. The van der Waals surface area contributed by atoms with Gasteiger partial charge in [-0.1, -0.05) is 12.1 Å². The van der Waals surface area contributed by atoms with Gasteiger partial charge in [0.15, 0.2) is 0 Å². The predicted octanol–water partition coefficient (Wildman–Crippen LogP) is 2.62. The van der Waals surface area contributed by atoms with Crippen LogP contribution in [0, 0.1) is 0 Å². The number of carbonyl (C=O) groups is 1. The Labute approximate surface area is 140 Å². The molecule has 0 saturated heterocycles. The van der Waals surface area contributed by atoms with E-state index < -0.39 is 5.97 Å². The average molecular weight is 331 g/mol. The van der Waals surface area contributed by atoms with Gasteiger partial charge in [-0.15, -0.1) is 0 Å². The number of unbranched alkanes of at least 4 members (excludes halogenated alkanes) is 1. The summed E-state index contributed by atoms with van der Waals surface area (Å²) in [6.07, 6.45) is 8.38. The Morgan fingerprint density at radius 1 is 1.38 bits per heavy atom. The highest BCUT2D eigenvalue weighted by Gasteiger charge is 2.08. The summed E-state index contributed by atoms with van der Waals surface area (Å²) in [4.78, 5) is 20.0. The zero-order valence-electron chi connectivity index (χ0n) is 13.5. The van der Waals surface area contributed by atoms with Crippen molar-refractivity contribution in [3.63, 3.8) is 0 Å². The van der Waals surface area contributed by atoms with Crippen molar-refractivity contribution in [1.82, 2.24) is 15.0 Å². The minimum atomic E-state index is -0.794. The van der Waals surface area contributed by atoms with Crippen molar-refractivity contribution in [2.24, 2.45) is 0 Å². The van der Waals surface area contributed by atoms with Gasteiger partial charge in [-0.25, -0.2) is 4.98 Å². The van der Waals surface area contributed by atoms with Crippen molar-refractivity contribution >= 4 is 17.9 Å². The fraction of sp³-hybridized carbons (Fsp3) is 0.294. The number of aliphatic carboxylic acids is 1. The SMILES string of the molecule is COc1ccccc1C(=Cn1ccnc1)NOCCCCC(=O)O. The molecule has 24 heavy (non-hydrogen) atoms. The van der Waals surface area contributed by atoms with E-state index in [-0.39, 0.29) is 6.42 Å². The van der Waals surface area contributed by atoms with E-state index in [1.807, 2.05) is 36.7 Å². The summed E-state index contributed by atoms with van der Waals surface area (Å²) in [7, 11) is 1.61. The van der Waals surface area contributed by atoms with Gasteiger partial charge >= 0.3 is 5.97 Å². The van der Waals surface area contributed by atoms with Gasteiger partial charge in [0.25, 0.3) is 0 Å². The van der Waals surface area contributed by atoms with Gasteiger partial charge < -0.3 is 14.4 Å². The molecule has 0 amide bonds. The first-order chi connectivity index (χ1) is 11.7. The Hall–Kier alpha value is -2.80. The molecule has 2 N–H and O–H groups in total. The lowest BCUT2D eigenvalue weighted by Crippen LogP contribution is -2.15. The zero-order valence-corrected chi connectivity index (χ0v) is 13.5. The van der Waals surface area contributed by atoms with Crippen molar-refractivity contribution in [2.75, 3.05) is 13.7 Å². The highest BCUT2D eigenvalue weighted by atomic mass is 16.6. The number of nitrogens with zero attached hydrogens (tertiary/aromatic N) is 2. The first kappa shape index (κ1) is 17.6. The molecule has 0 atom stereocenters. The number of carboxylic acid groups (broad SMARTS) is 1. The van der Waals surface area contributed by atoms with Crippen LogP contribution in [0.3, 0.4) is 0 Å². The van der Waals surface area contributed by atoms with Crippen molar-refractivity contribution in [3.8, 4) is 5.75 Å². The van der Waals surface area contributed by atoms with E-state index in [0.29, 0.717) is 30.9 Å². The van der Waals surface area contributed by atoms with Crippen LogP contribution in [0.25, 0.3) is 11.9 Å². The van der Waals surface area contributed by atoms with E-state index in [4.69, 9.17) is 14.7 Å². The standard InChI is InChI=1S/C17H21N3O4/c1-23-16-7-3-2-6-14(16)15(12-20-10-9-18-13-20)19-24-11-5-4-8-17(21)22/h2-3,6-7,9-10,12-13,19H,4-5,8,11H2,1H3,(H,21,22). The lowest BCUT2D eigenvalue weighted by molar-refractivity contribution is -0.137. The Morgan fingerprint density at radius 2 is 2.21 bits per heavy atom.